The van der Waals surface area contributed by atoms with E-state index in [9.17, 15) is 4.79 Å². The van der Waals surface area contributed by atoms with Crippen LogP contribution in [-0.2, 0) is 22.5 Å². The molecule has 0 fully saturated rings. The van der Waals surface area contributed by atoms with E-state index in [4.69, 9.17) is 13.9 Å². The molecule has 3 aromatic rings. The Morgan fingerprint density at radius 2 is 1.94 bits per heavy atom. The zero-order chi connectivity index (χ0) is 22.1. The largest absolute Gasteiger partial charge is 0.493 e. The molecule has 0 aliphatic rings. The summed E-state index contributed by atoms with van der Waals surface area (Å²) in [6, 6.07) is 17.7. The first-order valence-corrected chi connectivity index (χ1v) is 10.6. The van der Waals surface area contributed by atoms with Gasteiger partial charge < -0.3 is 19.2 Å². The highest BCUT2D eigenvalue weighted by molar-refractivity contribution is 5.71. The summed E-state index contributed by atoms with van der Waals surface area (Å²) in [6.45, 7) is 7.65. The predicted molar refractivity (Wildman–Crippen MR) is 120 cm³/mol. The lowest BCUT2D eigenvalue weighted by atomic mass is 10.2. The molecule has 0 bridgehead atoms. The normalized spacial score (nSPS) is 11.0. The van der Waals surface area contributed by atoms with Crippen LogP contribution in [0.3, 0.4) is 0 Å². The van der Waals surface area contributed by atoms with E-state index in [1.165, 1.54) is 0 Å². The van der Waals surface area contributed by atoms with E-state index < -0.39 is 0 Å². The molecular weight excluding hydrogens is 392 g/mol. The van der Waals surface area contributed by atoms with Gasteiger partial charge in [0.25, 0.3) is 0 Å². The summed E-state index contributed by atoms with van der Waals surface area (Å²) in [7, 11) is 0. The minimum atomic E-state index is -0.237. The van der Waals surface area contributed by atoms with Crippen LogP contribution in [0, 0.1) is 12.8 Å². The molecule has 6 nitrogen and oxygen atoms in total. The van der Waals surface area contributed by atoms with Crippen LogP contribution in [0.1, 0.15) is 30.9 Å². The van der Waals surface area contributed by atoms with E-state index >= 15 is 0 Å². The van der Waals surface area contributed by atoms with Gasteiger partial charge in [0.05, 0.1) is 25.5 Å². The van der Waals surface area contributed by atoms with Gasteiger partial charge in [-0.15, -0.1) is 0 Å². The second kappa shape index (κ2) is 11.3. The number of hydrogen-bond acceptors (Lipinski definition) is 6. The van der Waals surface area contributed by atoms with Crippen LogP contribution >= 0.6 is 0 Å². The monoisotopic (exact) mass is 422 g/mol. The molecule has 0 aliphatic carbocycles. The number of hydrogen-bond donors (Lipinski definition) is 1. The third-order valence-corrected chi connectivity index (χ3v) is 4.60. The Morgan fingerprint density at radius 1 is 1.13 bits per heavy atom. The van der Waals surface area contributed by atoms with Gasteiger partial charge in [-0.3, -0.25) is 4.79 Å². The van der Waals surface area contributed by atoms with Crippen molar-refractivity contribution in [1.82, 2.24) is 10.3 Å². The second-order valence-electron chi connectivity index (χ2n) is 7.81. The topological polar surface area (TPSA) is 73.6 Å². The molecule has 2 aromatic carbocycles. The maximum Gasteiger partial charge on any atom is 0.319 e. The number of nitrogens with zero attached hydrogens (tertiary/aromatic N) is 1. The van der Waals surface area contributed by atoms with Crippen molar-refractivity contribution < 1.29 is 18.7 Å². The highest BCUT2D eigenvalue weighted by atomic mass is 16.5. The fourth-order valence-electron chi connectivity index (χ4n) is 2.99. The summed E-state index contributed by atoms with van der Waals surface area (Å²) >= 11 is 0. The Kier molecular flexibility index (Phi) is 8.24. The number of oxazole rings is 1. The van der Waals surface area contributed by atoms with Crippen LogP contribution in [0.4, 0.5) is 0 Å². The molecule has 1 N–H and O–H groups in total. The molecule has 1 aromatic heterocycles. The van der Waals surface area contributed by atoms with Crippen LogP contribution in [0.2, 0.25) is 0 Å². The lowest BCUT2D eigenvalue weighted by Gasteiger charge is -2.10. The van der Waals surface area contributed by atoms with Gasteiger partial charge in [-0.05, 0) is 42.7 Å². The fraction of sp³-hybridized carbons (Fsp3) is 0.360. The predicted octanol–water partition coefficient (Wildman–Crippen LogP) is 4.56. The average Bonchev–Trinajstić information content (AvgIpc) is 3.14. The molecule has 31 heavy (non-hydrogen) atoms. The number of carbonyl (C=O) groups excluding carboxylic acids is 1. The van der Waals surface area contributed by atoms with E-state index in [0.717, 1.165) is 28.3 Å². The third-order valence-electron chi connectivity index (χ3n) is 4.60. The maximum atomic E-state index is 11.7. The van der Waals surface area contributed by atoms with Gasteiger partial charge in [-0.1, -0.05) is 44.2 Å². The van der Waals surface area contributed by atoms with Gasteiger partial charge in [0.1, 0.15) is 11.5 Å². The summed E-state index contributed by atoms with van der Waals surface area (Å²) in [5.41, 5.74) is 2.90. The summed E-state index contributed by atoms with van der Waals surface area (Å²) in [5, 5.41) is 3.11. The average molecular weight is 423 g/mol. The number of aryl methyl sites for hydroxylation is 1. The van der Waals surface area contributed by atoms with Gasteiger partial charge in [-0.25, -0.2) is 4.98 Å². The summed E-state index contributed by atoms with van der Waals surface area (Å²) in [5.74, 6) is 2.33. The zero-order valence-corrected chi connectivity index (χ0v) is 18.4. The minimum Gasteiger partial charge on any atom is -0.493 e. The Labute approximate surface area is 183 Å². The summed E-state index contributed by atoms with van der Waals surface area (Å²) < 4.78 is 16.9. The maximum absolute atomic E-state index is 11.7. The SMILES string of the molecule is Cc1oc(-c2ccccc2)nc1CCOc1cccc(CNCC(=O)OCC(C)C)c1. The molecule has 0 saturated carbocycles. The van der Waals surface area contributed by atoms with Gasteiger partial charge in [0, 0.05) is 18.5 Å². The van der Waals surface area contributed by atoms with Gasteiger partial charge in [-0.2, -0.15) is 0 Å². The highest BCUT2D eigenvalue weighted by Gasteiger charge is 2.11. The summed E-state index contributed by atoms with van der Waals surface area (Å²) in [6.07, 6.45) is 0.659. The van der Waals surface area contributed by atoms with Crippen LogP contribution in [0.15, 0.2) is 59.0 Å². The first kappa shape index (κ1) is 22.6. The Hall–Kier alpha value is -3.12. The Morgan fingerprint density at radius 3 is 2.71 bits per heavy atom. The number of nitrogens with one attached hydrogen (secondary N) is 1. The molecular formula is C25H30N2O4. The van der Waals surface area contributed by atoms with Crippen LogP contribution in [-0.4, -0.2) is 30.7 Å². The molecule has 0 unspecified atom stereocenters. The van der Waals surface area contributed by atoms with Gasteiger partial charge in [0.15, 0.2) is 0 Å². The molecule has 0 amide bonds. The zero-order valence-electron chi connectivity index (χ0n) is 18.4. The Balaban J connectivity index is 1.45. The van der Waals surface area contributed by atoms with Crippen molar-refractivity contribution in [2.75, 3.05) is 19.8 Å². The molecule has 3 rings (SSSR count). The quantitative estimate of drug-likeness (QED) is 0.457. The Bertz CT molecular complexity index is 967. The molecule has 0 saturated heterocycles. The first-order valence-electron chi connectivity index (χ1n) is 10.6. The summed E-state index contributed by atoms with van der Waals surface area (Å²) in [4.78, 5) is 16.3. The number of benzene rings is 2. The van der Waals surface area contributed by atoms with E-state index in [1.807, 2.05) is 75.4 Å². The van der Waals surface area contributed by atoms with Crippen molar-refractivity contribution in [3.63, 3.8) is 0 Å². The van der Waals surface area contributed by atoms with E-state index in [1.54, 1.807) is 0 Å². The molecule has 164 valence electrons. The second-order valence-corrected chi connectivity index (χ2v) is 7.81. The van der Waals surface area contributed by atoms with Gasteiger partial charge in [0.2, 0.25) is 5.89 Å². The molecule has 6 heteroatoms. The van der Waals surface area contributed by atoms with Gasteiger partial charge >= 0.3 is 5.97 Å². The van der Waals surface area contributed by atoms with Crippen molar-refractivity contribution in [3.8, 4) is 17.2 Å². The van der Waals surface area contributed by atoms with Crippen LogP contribution in [0.25, 0.3) is 11.5 Å². The number of rotatable bonds is 11. The van der Waals surface area contributed by atoms with Crippen molar-refractivity contribution in [3.05, 3.63) is 71.6 Å². The van der Waals surface area contributed by atoms with Crippen molar-refractivity contribution in [2.24, 2.45) is 5.92 Å². The number of ether oxygens (including phenoxy) is 2. The lowest BCUT2D eigenvalue weighted by Crippen LogP contribution is -2.25. The van der Waals surface area contributed by atoms with Crippen molar-refractivity contribution in [2.45, 2.75) is 33.7 Å². The van der Waals surface area contributed by atoms with E-state index in [2.05, 4.69) is 10.3 Å². The third kappa shape index (κ3) is 7.26. The van der Waals surface area contributed by atoms with Crippen LogP contribution in [0.5, 0.6) is 5.75 Å². The molecule has 0 aliphatic heterocycles. The van der Waals surface area contributed by atoms with Crippen molar-refractivity contribution in [1.29, 1.82) is 0 Å². The molecule has 1 heterocycles. The number of esters is 1. The lowest BCUT2D eigenvalue weighted by molar-refractivity contribution is -0.143. The number of aromatic nitrogens is 1. The van der Waals surface area contributed by atoms with Crippen molar-refractivity contribution >= 4 is 5.97 Å². The fourth-order valence-corrected chi connectivity index (χ4v) is 2.99. The standard InChI is InChI=1S/C25H30N2O4/c1-18(2)17-30-24(28)16-26-15-20-8-7-11-22(14-20)29-13-12-23-19(3)31-25(27-23)21-9-5-4-6-10-21/h4-11,14,18,26H,12-13,15-17H2,1-3H3. The first-order chi connectivity index (χ1) is 15.0. The van der Waals surface area contributed by atoms with E-state index in [0.29, 0.717) is 38.0 Å². The molecule has 0 spiro atoms. The minimum absolute atomic E-state index is 0.187. The number of carbonyl (C=O) groups is 1. The van der Waals surface area contributed by atoms with E-state index in [-0.39, 0.29) is 12.5 Å². The molecule has 0 atom stereocenters. The molecule has 0 radical (unpaired) electrons. The highest BCUT2D eigenvalue weighted by Crippen LogP contribution is 2.22. The smallest absolute Gasteiger partial charge is 0.319 e. The van der Waals surface area contributed by atoms with Crippen LogP contribution < -0.4 is 10.1 Å².